The van der Waals surface area contributed by atoms with Gasteiger partial charge in [0.2, 0.25) is 10.0 Å². The van der Waals surface area contributed by atoms with Crippen LogP contribution in [-0.2, 0) is 17.1 Å². The average Bonchev–Trinajstić information content (AvgIpc) is 3.06. The first-order chi connectivity index (χ1) is 9.97. The van der Waals surface area contributed by atoms with E-state index in [1.54, 1.807) is 18.6 Å². The summed E-state index contributed by atoms with van der Waals surface area (Å²) >= 11 is 0. The highest BCUT2D eigenvalue weighted by Crippen LogP contribution is 2.33. The second kappa shape index (κ2) is 5.19. The fraction of sp³-hybridized carbons (Fsp3) is 0.462. The summed E-state index contributed by atoms with van der Waals surface area (Å²) in [6.45, 7) is 0.539. The number of hydrogen-bond donors (Lipinski definition) is 0. The van der Waals surface area contributed by atoms with Gasteiger partial charge in [-0.05, 0) is 12.8 Å². The molecule has 1 unspecified atom stereocenters. The summed E-state index contributed by atoms with van der Waals surface area (Å²) < 4.78 is 27.0. The molecule has 8 heteroatoms. The molecule has 7 nitrogen and oxygen atoms in total. The van der Waals surface area contributed by atoms with E-state index < -0.39 is 10.0 Å². The number of aromatic nitrogens is 4. The Labute approximate surface area is 123 Å². The van der Waals surface area contributed by atoms with E-state index in [0.29, 0.717) is 23.8 Å². The van der Waals surface area contributed by atoms with Crippen LogP contribution in [0.2, 0.25) is 0 Å². The van der Waals surface area contributed by atoms with Crippen LogP contribution in [0, 0.1) is 0 Å². The summed E-state index contributed by atoms with van der Waals surface area (Å²) in [6, 6.07) is -0.229. The minimum atomic E-state index is -3.23. The predicted molar refractivity (Wildman–Crippen MR) is 77.8 cm³/mol. The standard InChI is InChI=1S/C13H17N5O2S/c1-17-7-5-15-13(17)11-9-14-8-10(16-11)12-4-3-6-18(12)21(2,19)20/h5,7-9,12H,3-4,6H2,1-2H3. The smallest absolute Gasteiger partial charge is 0.211 e. The number of sulfonamides is 1. The van der Waals surface area contributed by atoms with Gasteiger partial charge in [0.05, 0.1) is 30.4 Å². The molecule has 3 rings (SSSR count). The quantitative estimate of drug-likeness (QED) is 0.844. The third-order valence-corrected chi connectivity index (χ3v) is 4.96. The molecule has 0 aromatic carbocycles. The maximum absolute atomic E-state index is 11.8. The van der Waals surface area contributed by atoms with Gasteiger partial charge < -0.3 is 4.57 Å². The van der Waals surface area contributed by atoms with E-state index in [1.165, 1.54) is 10.6 Å². The zero-order chi connectivity index (χ0) is 15.0. The lowest BCUT2D eigenvalue weighted by Gasteiger charge is -2.21. The van der Waals surface area contributed by atoms with Crippen LogP contribution in [-0.4, -0.2) is 45.0 Å². The van der Waals surface area contributed by atoms with Crippen molar-refractivity contribution in [1.29, 1.82) is 0 Å². The Hall–Kier alpha value is -1.80. The van der Waals surface area contributed by atoms with E-state index >= 15 is 0 Å². The molecule has 3 heterocycles. The topological polar surface area (TPSA) is 81.0 Å². The van der Waals surface area contributed by atoms with Gasteiger partial charge in [0.15, 0.2) is 5.82 Å². The van der Waals surface area contributed by atoms with Crippen LogP contribution in [0.15, 0.2) is 24.8 Å². The van der Waals surface area contributed by atoms with E-state index in [4.69, 9.17) is 0 Å². The Kier molecular flexibility index (Phi) is 3.50. The van der Waals surface area contributed by atoms with Crippen molar-refractivity contribution in [3.05, 3.63) is 30.5 Å². The van der Waals surface area contributed by atoms with Gasteiger partial charge in [-0.1, -0.05) is 0 Å². The molecule has 2 aromatic heterocycles. The Morgan fingerprint density at radius 3 is 2.81 bits per heavy atom. The SMILES string of the molecule is Cn1ccnc1-c1cncc(C2CCCN2S(C)(=O)=O)n1. The lowest BCUT2D eigenvalue weighted by atomic mass is 10.1. The fourth-order valence-electron chi connectivity index (χ4n) is 2.69. The van der Waals surface area contributed by atoms with Crippen LogP contribution < -0.4 is 0 Å². The molecule has 0 spiro atoms. The maximum Gasteiger partial charge on any atom is 0.211 e. The first kappa shape index (κ1) is 14.2. The van der Waals surface area contributed by atoms with Gasteiger partial charge in [-0.3, -0.25) is 4.98 Å². The zero-order valence-electron chi connectivity index (χ0n) is 12.0. The van der Waals surface area contributed by atoms with Gasteiger partial charge >= 0.3 is 0 Å². The van der Waals surface area contributed by atoms with E-state index in [-0.39, 0.29) is 6.04 Å². The Bertz CT molecular complexity index is 755. The molecule has 0 radical (unpaired) electrons. The molecule has 112 valence electrons. The molecule has 2 aromatic rings. The van der Waals surface area contributed by atoms with Gasteiger partial charge in [0.1, 0.15) is 5.69 Å². The van der Waals surface area contributed by atoms with Crippen LogP contribution in [0.1, 0.15) is 24.6 Å². The van der Waals surface area contributed by atoms with Crippen molar-refractivity contribution in [3.63, 3.8) is 0 Å². The van der Waals surface area contributed by atoms with Crippen LogP contribution in [0.4, 0.5) is 0 Å². The number of aryl methyl sites for hydroxylation is 1. The Morgan fingerprint density at radius 1 is 1.33 bits per heavy atom. The fourth-order valence-corrected chi connectivity index (χ4v) is 3.83. The second-order valence-electron chi connectivity index (χ2n) is 5.22. The van der Waals surface area contributed by atoms with Gasteiger partial charge in [0.25, 0.3) is 0 Å². The van der Waals surface area contributed by atoms with Crippen molar-refractivity contribution < 1.29 is 8.42 Å². The number of imidazole rings is 1. The largest absolute Gasteiger partial charge is 0.333 e. The van der Waals surface area contributed by atoms with E-state index in [1.807, 2.05) is 17.8 Å². The Morgan fingerprint density at radius 2 is 2.14 bits per heavy atom. The average molecular weight is 307 g/mol. The summed E-state index contributed by atoms with van der Waals surface area (Å²) in [5.41, 5.74) is 1.33. The van der Waals surface area contributed by atoms with Crippen molar-refractivity contribution in [2.24, 2.45) is 7.05 Å². The summed E-state index contributed by atoms with van der Waals surface area (Å²) in [7, 11) is -1.35. The molecule has 0 saturated carbocycles. The summed E-state index contributed by atoms with van der Waals surface area (Å²) in [4.78, 5) is 13.0. The van der Waals surface area contributed by atoms with Crippen molar-refractivity contribution in [1.82, 2.24) is 23.8 Å². The van der Waals surface area contributed by atoms with Crippen LogP contribution in [0.5, 0.6) is 0 Å². The van der Waals surface area contributed by atoms with E-state index in [0.717, 1.165) is 12.8 Å². The highest BCUT2D eigenvalue weighted by molar-refractivity contribution is 7.88. The number of nitrogens with zero attached hydrogens (tertiary/aromatic N) is 5. The molecule has 1 aliphatic rings. The van der Waals surface area contributed by atoms with Gasteiger partial charge in [0, 0.05) is 26.0 Å². The highest BCUT2D eigenvalue weighted by atomic mass is 32.2. The first-order valence-corrected chi connectivity index (χ1v) is 8.58. The van der Waals surface area contributed by atoms with Crippen molar-refractivity contribution in [2.45, 2.75) is 18.9 Å². The minimum Gasteiger partial charge on any atom is -0.333 e. The molecule has 0 N–H and O–H groups in total. The lowest BCUT2D eigenvalue weighted by molar-refractivity contribution is 0.393. The predicted octanol–water partition coefficient (Wildman–Crippen LogP) is 0.974. The molecular weight excluding hydrogens is 290 g/mol. The molecule has 0 amide bonds. The van der Waals surface area contributed by atoms with Gasteiger partial charge in [-0.25, -0.2) is 18.4 Å². The first-order valence-electron chi connectivity index (χ1n) is 6.73. The Balaban J connectivity index is 1.99. The third-order valence-electron chi connectivity index (χ3n) is 3.67. The summed E-state index contributed by atoms with van der Waals surface area (Å²) in [6.07, 6.45) is 9.66. The van der Waals surface area contributed by atoms with E-state index in [2.05, 4.69) is 15.0 Å². The van der Waals surface area contributed by atoms with Crippen LogP contribution in [0.25, 0.3) is 11.5 Å². The minimum absolute atomic E-state index is 0.229. The van der Waals surface area contributed by atoms with Crippen LogP contribution in [0.3, 0.4) is 0 Å². The molecule has 21 heavy (non-hydrogen) atoms. The van der Waals surface area contributed by atoms with Gasteiger partial charge in [-0.15, -0.1) is 0 Å². The molecule has 0 bridgehead atoms. The van der Waals surface area contributed by atoms with Crippen molar-refractivity contribution in [2.75, 3.05) is 12.8 Å². The monoisotopic (exact) mass is 307 g/mol. The number of rotatable bonds is 3. The molecule has 0 aliphatic carbocycles. The summed E-state index contributed by atoms with van der Waals surface area (Å²) in [5.74, 6) is 0.716. The lowest BCUT2D eigenvalue weighted by Crippen LogP contribution is -2.30. The van der Waals surface area contributed by atoms with Crippen molar-refractivity contribution >= 4 is 10.0 Å². The molecule has 1 fully saturated rings. The van der Waals surface area contributed by atoms with E-state index in [9.17, 15) is 8.42 Å². The second-order valence-corrected chi connectivity index (χ2v) is 7.16. The molecule has 1 saturated heterocycles. The maximum atomic E-state index is 11.8. The molecule has 1 aliphatic heterocycles. The summed E-state index contributed by atoms with van der Waals surface area (Å²) in [5, 5.41) is 0. The third kappa shape index (κ3) is 2.68. The number of hydrogen-bond acceptors (Lipinski definition) is 5. The highest BCUT2D eigenvalue weighted by Gasteiger charge is 2.33. The normalized spacial score (nSPS) is 20.0. The molecular formula is C13H17N5O2S. The van der Waals surface area contributed by atoms with Crippen molar-refractivity contribution in [3.8, 4) is 11.5 Å². The molecule has 1 atom stereocenters. The van der Waals surface area contributed by atoms with Gasteiger partial charge in [-0.2, -0.15) is 4.31 Å². The van der Waals surface area contributed by atoms with Crippen LogP contribution >= 0.6 is 0 Å². The zero-order valence-corrected chi connectivity index (χ0v) is 12.8.